The van der Waals surface area contributed by atoms with Gasteiger partial charge in [-0.25, -0.2) is 0 Å². The molecule has 3 aromatic rings. The van der Waals surface area contributed by atoms with Crippen molar-refractivity contribution in [3.05, 3.63) is 77.4 Å². The molecule has 160 valence electrons. The third-order valence-electron chi connectivity index (χ3n) is 5.22. The highest BCUT2D eigenvalue weighted by Crippen LogP contribution is 2.20. The van der Waals surface area contributed by atoms with Gasteiger partial charge in [-0.1, -0.05) is 60.7 Å². The summed E-state index contributed by atoms with van der Waals surface area (Å²) in [6.07, 6.45) is 0.186. The van der Waals surface area contributed by atoms with Gasteiger partial charge < -0.3 is 15.5 Å². The molecule has 2 N–H and O–H groups in total. The summed E-state index contributed by atoms with van der Waals surface area (Å²) in [5, 5.41) is 7.60. The number of aryl methyl sites for hydroxylation is 2. The van der Waals surface area contributed by atoms with Crippen LogP contribution in [0.1, 0.15) is 16.7 Å². The fraction of sp³-hybridized carbons (Fsp3) is 0.240. The minimum Gasteiger partial charge on any atom is -0.347 e. The number of hydrogen-bond acceptors (Lipinski definition) is 3. The number of fused-ring (bicyclic) bond motifs is 1. The summed E-state index contributed by atoms with van der Waals surface area (Å²) >= 11 is 0. The molecule has 3 amide bonds. The lowest BCUT2D eigenvalue weighted by Crippen LogP contribution is -2.42. The van der Waals surface area contributed by atoms with Crippen LogP contribution in [-0.2, 0) is 20.8 Å². The molecule has 0 spiro atoms. The molecule has 0 aromatic heterocycles. The summed E-state index contributed by atoms with van der Waals surface area (Å²) in [6, 6.07) is 19.5. The Bertz CT molecular complexity index is 1100. The number of nitrogens with one attached hydrogen (secondary N) is 2. The predicted octanol–water partition coefficient (Wildman–Crippen LogP) is 3.21. The van der Waals surface area contributed by atoms with Crippen molar-refractivity contribution in [3.8, 4) is 0 Å². The van der Waals surface area contributed by atoms with Crippen LogP contribution in [0.15, 0.2) is 60.7 Å². The highest BCUT2D eigenvalue weighted by Gasteiger charge is 2.16. The van der Waals surface area contributed by atoms with E-state index in [9.17, 15) is 14.4 Å². The van der Waals surface area contributed by atoms with Crippen LogP contribution in [0.4, 0.5) is 5.69 Å². The number of benzene rings is 3. The van der Waals surface area contributed by atoms with Gasteiger partial charge >= 0.3 is 0 Å². The number of anilines is 1. The molecule has 0 aliphatic heterocycles. The highest BCUT2D eigenvalue weighted by molar-refractivity contribution is 5.96. The Labute approximate surface area is 182 Å². The largest absolute Gasteiger partial charge is 0.347 e. The Morgan fingerprint density at radius 3 is 2.23 bits per heavy atom. The van der Waals surface area contributed by atoms with Gasteiger partial charge in [0.1, 0.15) is 0 Å². The van der Waals surface area contributed by atoms with E-state index in [1.165, 1.54) is 4.90 Å². The first-order chi connectivity index (χ1) is 14.8. The molecule has 0 bridgehead atoms. The summed E-state index contributed by atoms with van der Waals surface area (Å²) in [5.41, 5.74) is 3.59. The zero-order valence-corrected chi connectivity index (χ0v) is 18.1. The molecule has 0 saturated heterocycles. The standard InChI is InChI=1S/C25H27N3O3/c1-17-8-6-9-18(2)25(17)27-23(30)16-28(3)24(31)15-26-22(29)14-20-12-7-11-19-10-4-5-13-21(19)20/h4-13H,14-16H2,1-3H3,(H,26,29)(H,27,30). The fourth-order valence-electron chi connectivity index (χ4n) is 3.49. The number of para-hydroxylation sites is 1. The third kappa shape index (κ3) is 5.69. The number of carbonyl (C=O) groups is 3. The van der Waals surface area contributed by atoms with E-state index in [1.54, 1.807) is 7.05 Å². The lowest BCUT2D eigenvalue weighted by molar-refractivity contribution is -0.134. The first-order valence-corrected chi connectivity index (χ1v) is 10.2. The van der Waals surface area contributed by atoms with Crippen molar-refractivity contribution in [2.45, 2.75) is 20.3 Å². The minimum atomic E-state index is -0.331. The maximum absolute atomic E-state index is 12.4. The Morgan fingerprint density at radius 1 is 0.839 bits per heavy atom. The first-order valence-electron chi connectivity index (χ1n) is 10.2. The van der Waals surface area contributed by atoms with Crippen LogP contribution in [0.25, 0.3) is 10.8 Å². The van der Waals surface area contributed by atoms with Gasteiger partial charge in [0.25, 0.3) is 0 Å². The van der Waals surface area contributed by atoms with E-state index >= 15 is 0 Å². The molecule has 0 aliphatic rings. The molecule has 0 aliphatic carbocycles. The highest BCUT2D eigenvalue weighted by atomic mass is 16.2. The molecule has 3 rings (SSSR count). The van der Waals surface area contributed by atoms with Gasteiger partial charge in [-0.2, -0.15) is 0 Å². The number of carbonyl (C=O) groups excluding carboxylic acids is 3. The Hall–Kier alpha value is -3.67. The number of likely N-dealkylation sites (N-methyl/N-ethyl adjacent to an activating group) is 1. The van der Waals surface area contributed by atoms with Crippen LogP contribution in [0.2, 0.25) is 0 Å². The normalized spacial score (nSPS) is 10.5. The van der Waals surface area contributed by atoms with Gasteiger partial charge in [-0.3, -0.25) is 14.4 Å². The second-order valence-electron chi connectivity index (χ2n) is 7.66. The third-order valence-corrected chi connectivity index (χ3v) is 5.22. The predicted molar refractivity (Wildman–Crippen MR) is 123 cm³/mol. The summed E-state index contributed by atoms with van der Waals surface area (Å²) in [5.74, 6) is -0.851. The number of nitrogens with zero attached hydrogens (tertiary/aromatic N) is 1. The summed E-state index contributed by atoms with van der Waals surface area (Å²) in [6.45, 7) is 3.59. The van der Waals surface area contributed by atoms with Crippen molar-refractivity contribution in [1.29, 1.82) is 0 Å². The maximum Gasteiger partial charge on any atom is 0.243 e. The molecule has 0 heterocycles. The van der Waals surface area contributed by atoms with Crippen LogP contribution in [0.3, 0.4) is 0 Å². The van der Waals surface area contributed by atoms with Crippen LogP contribution in [0.5, 0.6) is 0 Å². The van der Waals surface area contributed by atoms with Crippen molar-refractivity contribution in [3.63, 3.8) is 0 Å². The van der Waals surface area contributed by atoms with E-state index in [0.29, 0.717) is 0 Å². The molecular weight excluding hydrogens is 390 g/mol. The SMILES string of the molecule is Cc1cccc(C)c1NC(=O)CN(C)C(=O)CNC(=O)Cc1cccc2ccccc12. The van der Waals surface area contributed by atoms with Gasteiger partial charge in [0.2, 0.25) is 17.7 Å². The lowest BCUT2D eigenvalue weighted by atomic mass is 10.0. The Morgan fingerprint density at radius 2 is 1.48 bits per heavy atom. The number of rotatable bonds is 7. The van der Waals surface area contributed by atoms with Gasteiger partial charge in [-0.15, -0.1) is 0 Å². The molecular formula is C25H27N3O3. The van der Waals surface area contributed by atoms with Crippen molar-refractivity contribution >= 4 is 34.2 Å². The molecule has 0 atom stereocenters. The molecule has 3 aromatic carbocycles. The van der Waals surface area contributed by atoms with Gasteiger partial charge in [0.15, 0.2) is 0 Å². The van der Waals surface area contributed by atoms with Crippen LogP contribution >= 0.6 is 0 Å². The van der Waals surface area contributed by atoms with Crippen molar-refractivity contribution in [2.24, 2.45) is 0 Å². The van der Waals surface area contributed by atoms with E-state index in [1.807, 2.05) is 74.5 Å². The Kier molecular flexibility index (Phi) is 7.03. The monoisotopic (exact) mass is 417 g/mol. The summed E-state index contributed by atoms with van der Waals surface area (Å²) in [7, 11) is 1.55. The zero-order valence-electron chi connectivity index (χ0n) is 18.1. The van der Waals surface area contributed by atoms with Gasteiger partial charge in [-0.05, 0) is 41.3 Å². The lowest BCUT2D eigenvalue weighted by Gasteiger charge is -2.18. The van der Waals surface area contributed by atoms with E-state index in [-0.39, 0.29) is 37.2 Å². The van der Waals surface area contributed by atoms with Gasteiger partial charge in [0, 0.05) is 12.7 Å². The van der Waals surface area contributed by atoms with Gasteiger partial charge in [0.05, 0.1) is 19.5 Å². The topological polar surface area (TPSA) is 78.5 Å². The molecule has 0 fully saturated rings. The maximum atomic E-state index is 12.4. The van der Waals surface area contributed by atoms with E-state index in [4.69, 9.17) is 0 Å². The quantitative estimate of drug-likeness (QED) is 0.620. The van der Waals surface area contributed by atoms with Crippen molar-refractivity contribution < 1.29 is 14.4 Å². The molecule has 0 radical (unpaired) electrons. The van der Waals surface area contributed by atoms with Crippen molar-refractivity contribution in [1.82, 2.24) is 10.2 Å². The first kappa shape index (κ1) is 22.0. The van der Waals surface area contributed by atoms with E-state index in [2.05, 4.69) is 10.6 Å². The second kappa shape index (κ2) is 9.89. The minimum absolute atomic E-state index is 0.0915. The summed E-state index contributed by atoms with van der Waals surface area (Å²) < 4.78 is 0. The molecule has 31 heavy (non-hydrogen) atoms. The smallest absolute Gasteiger partial charge is 0.243 e. The average molecular weight is 418 g/mol. The molecule has 0 unspecified atom stereocenters. The number of hydrogen-bond donors (Lipinski definition) is 2. The second-order valence-corrected chi connectivity index (χ2v) is 7.66. The van der Waals surface area contributed by atoms with Crippen LogP contribution in [-0.4, -0.2) is 42.8 Å². The molecule has 6 heteroatoms. The molecule has 0 saturated carbocycles. The van der Waals surface area contributed by atoms with E-state index in [0.717, 1.165) is 33.2 Å². The zero-order chi connectivity index (χ0) is 22.4. The fourth-order valence-corrected chi connectivity index (χ4v) is 3.49. The van der Waals surface area contributed by atoms with E-state index < -0.39 is 0 Å². The molecule has 6 nitrogen and oxygen atoms in total. The summed E-state index contributed by atoms with van der Waals surface area (Å²) in [4.78, 5) is 38.4. The van der Waals surface area contributed by atoms with Crippen LogP contribution < -0.4 is 10.6 Å². The van der Waals surface area contributed by atoms with Crippen LogP contribution in [0, 0.1) is 13.8 Å². The Balaban J connectivity index is 1.50. The average Bonchev–Trinajstić information content (AvgIpc) is 2.75. The van der Waals surface area contributed by atoms with Crippen molar-refractivity contribution in [2.75, 3.05) is 25.5 Å². The number of amides is 3.